The van der Waals surface area contributed by atoms with Gasteiger partial charge >= 0.3 is 36.4 Å². The van der Waals surface area contributed by atoms with Gasteiger partial charge in [-0.05, 0) is 117 Å². The fourth-order valence-corrected chi connectivity index (χ4v) is 15.2. The van der Waals surface area contributed by atoms with Crippen LogP contribution in [0.4, 0.5) is 80.0 Å². The number of carbonyl (C=O) groups excluding carboxylic acids is 9. The van der Waals surface area contributed by atoms with Crippen molar-refractivity contribution in [3.05, 3.63) is 164 Å². The molecule has 716 valence electrons. The number of anilines is 9. The van der Waals surface area contributed by atoms with Crippen molar-refractivity contribution in [2.45, 2.75) is 384 Å². The van der Waals surface area contributed by atoms with Crippen molar-refractivity contribution in [2.24, 2.45) is 5.41 Å². The molecule has 0 aromatic heterocycles. The number of ether oxygens (including phenoxy) is 3. The van der Waals surface area contributed by atoms with Gasteiger partial charge in [0.15, 0.2) is 0 Å². The van der Waals surface area contributed by atoms with Gasteiger partial charge in [-0.15, -0.1) is 0 Å². The first-order valence-electron chi connectivity index (χ1n) is 50.3. The fraction of sp³-hybridized carbons (Fsp3) is 0.583. The largest absolute Gasteiger partial charge is 0.448 e. The van der Waals surface area contributed by atoms with Crippen molar-refractivity contribution in [3.8, 4) is 0 Å². The third kappa shape index (κ3) is 51.2. The number of hydrogen-bond donors (Lipinski definition) is 6. The molecule has 0 bridgehead atoms. The van der Waals surface area contributed by atoms with Gasteiger partial charge in [-0.25, -0.2) is 43.5 Å². The molecule has 12 amide bonds. The van der Waals surface area contributed by atoms with Crippen LogP contribution >= 0.6 is 0 Å². The molecule has 6 rings (SSSR count). The molecular formula is C108H167N9O12. The van der Waals surface area contributed by atoms with E-state index < -0.39 is 61.6 Å². The number of amides is 12. The Morgan fingerprint density at radius 1 is 0.233 bits per heavy atom. The number of imide groups is 3. The highest BCUT2D eigenvalue weighted by Crippen LogP contribution is 2.30. The number of carbonyl (C=O) groups is 9. The van der Waals surface area contributed by atoms with Gasteiger partial charge in [0.2, 0.25) is 17.7 Å². The van der Waals surface area contributed by atoms with Gasteiger partial charge in [0.05, 0.1) is 22.5 Å². The highest BCUT2D eigenvalue weighted by atomic mass is 16.6. The lowest BCUT2D eigenvalue weighted by Crippen LogP contribution is -2.40. The summed E-state index contributed by atoms with van der Waals surface area (Å²) in [5.41, 5.74) is 1.33. The van der Waals surface area contributed by atoms with Crippen LogP contribution in [0.5, 0.6) is 0 Å². The van der Waals surface area contributed by atoms with Crippen LogP contribution in [-0.2, 0) is 28.6 Å². The molecule has 6 N–H and O–H groups in total. The average molecular weight is 1780 g/mol. The second-order valence-corrected chi connectivity index (χ2v) is 33.3. The number of hydrogen-bond acceptors (Lipinski definition) is 12. The van der Waals surface area contributed by atoms with Crippen LogP contribution in [0.25, 0.3) is 0 Å². The van der Waals surface area contributed by atoms with Gasteiger partial charge in [-0.2, -0.15) is 0 Å². The van der Waals surface area contributed by atoms with Crippen LogP contribution < -0.4 is 46.6 Å². The van der Waals surface area contributed by atoms with E-state index >= 15 is 0 Å². The van der Waals surface area contributed by atoms with Crippen molar-refractivity contribution >= 4 is 105 Å². The Labute approximate surface area is 777 Å². The second kappa shape index (κ2) is 74.7. The summed E-state index contributed by atoms with van der Waals surface area (Å²) in [6.45, 7) is 19.1. The van der Waals surface area contributed by atoms with E-state index in [4.69, 9.17) is 14.2 Å². The van der Waals surface area contributed by atoms with Crippen LogP contribution in [0.15, 0.2) is 164 Å². The normalized spacial score (nSPS) is 10.7. The number of unbranched alkanes of at least 4 members (excludes halogenated alkanes) is 42. The van der Waals surface area contributed by atoms with Crippen molar-refractivity contribution in [1.29, 1.82) is 0 Å². The maximum atomic E-state index is 14.1. The molecule has 0 saturated heterocycles. The van der Waals surface area contributed by atoms with Crippen LogP contribution in [0.3, 0.4) is 0 Å². The number of benzene rings is 6. The van der Waals surface area contributed by atoms with E-state index in [1.54, 1.807) is 134 Å². The first-order valence-corrected chi connectivity index (χ1v) is 50.3. The van der Waals surface area contributed by atoms with E-state index in [9.17, 15) is 43.2 Å². The Kier molecular flexibility index (Phi) is 65.5. The molecule has 6 aromatic carbocycles. The van der Waals surface area contributed by atoms with Gasteiger partial charge in [0, 0.05) is 53.4 Å². The summed E-state index contributed by atoms with van der Waals surface area (Å²) < 4.78 is 17.6. The third-order valence-electron chi connectivity index (χ3n) is 22.7. The molecule has 0 radical (unpaired) electrons. The molecule has 0 aliphatic rings. The zero-order valence-electron chi connectivity index (χ0n) is 81.1. The van der Waals surface area contributed by atoms with Crippen molar-refractivity contribution in [3.63, 3.8) is 0 Å². The predicted molar refractivity (Wildman–Crippen MR) is 538 cm³/mol. The maximum absolute atomic E-state index is 14.1. The van der Waals surface area contributed by atoms with Gasteiger partial charge in [0.25, 0.3) is 0 Å². The third-order valence-corrected chi connectivity index (χ3v) is 22.7. The maximum Gasteiger partial charge on any atom is 0.411 e. The van der Waals surface area contributed by atoms with E-state index in [1.807, 2.05) is 59.7 Å². The van der Waals surface area contributed by atoms with Crippen molar-refractivity contribution in [2.75, 3.05) is 66.4 Å². The Bertz CT molecular complexity index is 3550. The predicted octanol–water partition coefficient (Wildman–Crippen LogP) is 32.7. The minimum absolute atomic E-state index is 0.119. The van der Waals surface area contributed by atoms with E-state index in [0.29, 0.717) is 36.3 Å². The SMILES string of the molecule is CC.CC.CC.CCCCCCCCCCCCCCCCCC(=O)N(C(=O)Nc1cccc(NC(=O)OCC(CC)(COC(=O)Nc2cccc(NC(=O)N(C(=O)CCCCCCCCCCCCCCCCC)c3ccccc3)c2)COC(=O)Nc2cccc(NC(=O)N(C(=O)CCCCCCCCCCCCCCCCC)c3ccccc3)c2)c1)c1ccccc1. The molecule has 129 heavy (non-hydrogen) atoms. The molecule has 0 spiro atoms. The molecule has 6 aromatic rings. The zero-order chi connectivity index (χ0) is 93.8. The van der Waals surface area contributed by atoms with Gasteiger partial charge in [-0.1, -0.05) is 412 Å². The Hall–Kier alpha value is -10.1. The number of para-hydroxylation sites is 3. The Morgan fingerprint density at radius 2 is 0.411 bits per heavy atom. The summed E-state index contributed by atoms with van der Waals surface area (Å²) in [6.07, 6.45) is 51.4. The number of nitrogens with one attached hydrogen (secondary N) is 6. The zero-order valence-corrected chi connectivity index (χ0v) is 81.1. The first kappa shape index (κ1) is 113. The summed E-state index contributed by atoms with van der Waals surface area (Å²) in [4.78, 5) is 129. The fourth-order valence-electron chi connectivity index (χ4n) is 15.2. The van der Waals surface area contributed by atoms with Crippen LogP contribution in [0.1, 0.15) is 384 Å². The van der Waals surface area contributed by atoms with Crippen LogP contribution in [-0.4, -0.2) is 73.9 Å². The quantitative estimate of drug-likeness (QED) is 0.0154. The van der Waals surface area contributed by atoms with E-state index in [2.05, 4.69) is 52.7 Å². The van der Waals surface area contributed by atoms with Crippen molar-refractivity contribution in [1.82, 2.24) is 0 Å². The Balaban J connectivity index is 0.00000699. The van der Waals surface area contributed by atoms with Crippen LogP contribution in [0.2, 0.25) is 0 Å². The summed E-state index contributed by atoms with van der Waals surface area (Å²) in [5, 5.41) is 16.6. The monoisotopic (exact) mass is 1780 g/mol. The van der Waals surface area contributed by atoms with E-state index in [0.717, 1.165) is 72.5 Å². The molecule has 21 nitrogen and oxygen atoms in total. The number of urea groups is 3. The molecule has 0 aliphatic carbocycles. The van der Waals surface area contributed by atoms with Crippen molar-refractivity contribution < 1.29 is 57.4 Å². The smallest absolute Gasteiger partial charge is 0.411 e. The standard InChI is InChI=1S/C102H149N9O12.3C2H6/c1-5-9-12-15-18-21-24-27-30-33-36-39-42-45-57-75-93(112)109(90-69-51-48-52-70-90)96(115)103-84-63-60-66-87(78-84)106-99(118)121-81-102(8-4,82-122-100(119)107-88-67-61-64-85(79-88)104-97(116)110(91-71-53-49-54-72-91)94(113)76-58-46-43-40-37-34-31-28-25-22-19-16-13-10-6-2)83-123-101(120)108-89-68-62-65-86(80-89)105-98(117)111(92-73-55-50-56-74-92)95(114)77-59-47-44-41-38-35-32-29-26-23-20-17-14-11-7-3;3*1-2/h48-56,60-74,78-80H,5-47,57-59,75-77,81-83H2,1-4H3,(H,103,115)(H,104,116)(H,105,117)(H,106,118)(H,107,119)(H,108,120);3*1-2H3. The van der Waals surface area contributed by atoms with Gasteiger partial charge < -0.3 is 30.2 Å². The molecule has 0 fully saturated rings. The molecule has 0 saturated carbocycles. The molecule has 0 heterocycles. The first-order chi connectivity index (χ1) is 63.1. The molecule has 0 unspecified atom stereocenters. The van der Waals surface area contributed by atoms with E-state index in [1.165, 1.54) is 230 Å². The minimum atomic E-state index is -1.40. The molecule has 0 aliphatic heterocycles. The molecule has 21 heteroatoms. The highest BCUT2D eigenvalue weighted by molar-refractivity contribution is 6.20. The van der Waals surface area contributed by atoms with Gasteiger partial charge in [0.1, 0.15) is 19.8 Å². The number of rotatable bonds is 64. The lowest BCUT2D eigenvalue weighted by Gasteiger charge is -2.31. The lowest BCUT2D eigenvalue weighted by atomic mass is 9.88. The Morgan fingerprint density at radius 3 is 0.597 bits per heavy atom. The summed E-state index contributed by atoms with van der Waals surface area (Å²) >= 11 is 0. The number of nitrogens with zero attached hydrogens (tertiary/aromatic N) is 3. The molecule has 0 atom stereocenters. The lowest BCUT2D eigenvalue weighted by molar-refractivity contribution is -0.118. The summed E-state index contributed by atoms with van der Waals surface area (Å²) in [7, 11) is 0. The second-order valence-electron chi connectivity index (χ2n) is 33.3. The average Bonchev–Trinajstić information content (AvgIpc) is 0.834. The minimum Gasteiger partial charge on any atom is -0.448 e. The molecular weight excluding hydrogens is 1620 g/mol. The highest BCUT2D eigenvalue weighted by Gasteiger charge is 2.35. The van der Waals surface area contributed by atoms with Crippen LogP contribution in [0, 0.1) is 5.41 Å². The van der Waals surface area contributed by atoms with E-state index in [-0.39, 0.29) is 77.5 Å². The topological polar surface area (TPSA) is 263 Å². The summed E-state index contributed by atoms with van der Waals surface area (Å²) in [5.74, 6) is -1.04. The summed E-state index contributed by atoms with van der Waals surface area (Å²) in [6, 6.07) is 43.2. The van der Waals surface area contributed by atoms with Gasteiger partial charge in [-0.3, -0.25) is 30.3 Å².